The van der Waals surface area contributed by atoms with Gasteiger partial charge in [0.05, 0.1) is 22.7 Å². The van der Waals surface area contributed by atoms with Crippen LogP contribution in [0.1, 0.15) is 5.56 Å². The minimum atomic E-state index is -3.86. The van der Waals surface area contributed by atoms with Crippen molar-refractivity contribution in [2.75, 3.05) is 0 Å². The third kappa shape index (κ3) is 2.95. The Balaban J connectivity index is 2.00. The lowest BCUT2D eigenvalue weighted by Gasteiger charge is -2.02. The molecule has 0 atom stereocenters. The lowest BCUT2D eigenvalue weighted by atomic mass is 10.2. The van der Waals surface area contributed by atoms with Crippen molar-refractivity contribution in [3.63, 3.8) is 0 Å². The van der Waals surface area contributed by atoms with Crippen LogP contribution in [0.5, 0.6) is 0 Å². The van der Waals surface area contributed by atoms with E-state index in [1.807, 2.05) is 6.07 Å². The topological polar surface area (TPSA) is 88.6 Å². The second-order valence-electron chi connectivity index (χ2n) is 4.63. The van der Waals surface area contributed by atoms with E-state index >= 15 is 0 Å². The molecule has 2 aromatic carbocycles. The average Bonchev–Trinajstić information content (AvgIpc) is 3.06. The van der Waals surface area contributed by atoms with Crippen molar-refractivity contribution in [1.82, 2.24) is 14.4 Å². The molecule has 3 rings (SSSR count). The first-order chi connectivity index (χ1) is 11.0. The summed E-state index contributed by atoms with van der Waals surface area (Å²) < 4.78 is 25.8. The van der Waals surface area contributed by atoms with Crippen molar-refractivity contribution in [3.8, 4) is 17.3 Å². The van der Waals surface area contributed by atoms with E-state index in [4.69, 9.17) is 16.9 Å². The van der Waals surface area contributed by atoms with E-state index in [1.165, 1.54) is 30.5 Å². The van der Waals surface area contributed by atoms with Crippen LogP contribution in [0.2, 0.25) is 5.02 Å². The lowest BCUT2D eigenvalue weighted by Crippen LogP contribution is -2.13. The van der Waals surface area contributed by atoms with E-state index in [2.05, 4.69) is 10.3 Å². The first-order valence-corrected chi connectivity index (χ1v) is 8.26. The number of rotatable bonds is 3. The molecule has 0 unspecified atom stereocenters. The molecule has 1 heterocycles. The van der Waals surface area contributed by atoms with E-state index in [1.54, 1.807) is 24.3 Å². The highest BCUT2D eigenvalue weighted by Gasteiger charge is 2.19. The van der Waals surface area contributed by atoms with Crippen LogP contribution in [0.3, 0.4) is 0 Å². The zero-order valence-electron chi connectivity index (χ0n) is 11.6. The van der Waals surface area contributed by atoms with Crippen LogP contribution in [0.25, 0.3) is 11.3 Å². The summed E-state index contributed by atoms with van der Waals surface area (Å²) >= 11 is 5.92. The number of hydrogen-bond donors (Lipinski definition) is 0. The van der Waals surface area contributed by atoms with Crippen LogP contribution in [0.4, 0.5) is 0 Å². The molecule has 8 heteroatoms. The van der Waals surface area contributed by atoms with Crippen molar-refractivity contribution >= 4 is 21.6 Å². The predicted molar refractivity (Wildman–Crippen MR) is 84.2 cm³/mol. The molecule has 0 aliphatic heterocycles. The first-order valence-electron chi connectivity index (χ1n) is 6.45. The molecular weight excluding hydrogens is 336 g/mol. The minimum absolute atomic E-state index is 0.0269. The summed E-state index contributed by atoms with van der Waals surface area (Å²) in [6, 6.07) is 14.4. The zero-order valence-corrected chi connectivity index (χ0v) is 13.2. The summed E-state index contributed by atoms with van der Waals surface area (Å²) in [6.07, 6.45) is 1.32. The monoisotopic (exact) mass is 344 g/mol. The van der Waals surface area contributed by atoms with Gasteiger partial charge in [-0.25, -0.2) is 0 Å². The fraction of sp³-hybridized carbons (Fsp3) is 0. The van der Waals surface area contributed by atoms with Crippen molar-refractivity contribution in [2.45, 2.75) is 4.90 Å². The first kappa shape index (κ1) is 15.2. The zero-order chi connectivity index (χ0) is 16.4. The molecule has 0 saturated carbocycles. The highest BCUT2D eigenvalue weighted by Crippen LogP contribution is 2.22. The van der Waals surface area contributed by atoms with Crippen LogP contribution in [0, 0.1) is 11.3 Å². The molecule has 0 aliphatic rings. The van der Waals surface area contributed by atoms with Gasteiger partial charge in [-0.05, 0) is 36.4 Å². The number of nitriles is 1. The maximum atomic E-state index is 12.5. The van der Waals surface area contributed by atoms with Gasteiger partial charge in [0.15, 0.2) is 0 Å². The largest absolute Gasteiger partial charge is 0.284 e. The number of halogens is 1. The van der Waals surface area contributed by atoms with Gasteiger partial charge in [0.1, 0.15) is 5.69 Å². The van der Waals surface area contributed by atoms with Gasteiger partial charge >= 0.3 is 0 Å². The van der Waals surface area contributed by atoms with Gasteiger partial charge < -0.3 is 0 Å². The van der Waals surface area contributed by atoms with Gasteiger partial charge in [0, 0.05) is 10.6 Å². The van der Waals surface area contributed by atoms with Gasteiger partial charge in [-0.3, -0.25) is 0 Å². The third-order valence-electron chi connectivity index (χ3n) is 3.12. The van der Waals surface area contributed by atoms with Gasteiger partial charge in [-0.15, -0.1) is 9.19 Å². The average molecular weight is 345 g/mol. The van der Waals surface area contributed by atoms with Gasteiger partial charge in [-0.1, -0.05) is 28.9 Å². The van der Waals surface area contributed by atoms with Crippen LogP contribution < -0.4 is 0 Å². The number of nitrogens with zero attached hydrogens (tertiary/aromatic N) is 4. The number of benzene rings is 2. The molecule has 0 N–H and O–H groups in total. The summed E-state index contributed by atoms with van der Waals surface area (Å²) in [5, 5.41) is 16.8. The van der Waals surface area contributed by atoms with Crippen LogP contribution >= 0.6 is 11.6 Å². The van der Waals surface area contributed by atoms with Crippen LogP contribution in [0.15, 0.2) is 59.6 Å². The molecular formula is C15H9ClN4O2S. The van der Waals surface area contributed by atoms with Crippen molar-refractivity contribution in [2.24, 2.45) is 0 Å². The molecule has 0 fully saturated rings. The maximum Gasteiger partial charge on any atom is 0.284 e. The fourth-order valence-corrected chi connectivity index (χ4v) is 3.21. The second kappa shape index (κ2) is 5.83. The Morgan fingerprint density at radius 3 is 2.52 bits per heavy atom. The molecule has 3 aromatic rings. The molecule has 114 valence electrons. The van der Waals surface area contributed by atoms with Crippen molar-refractivity contribution in [1.29, 1.82) is 5.26 Å². The minimum Gasteiger partial charge on any atom is -0.199 e. The van der Waals surface area contributed by atoms with Gasteiger partial charge in [0.25, 0.3) is 10.0 Å². The van der Waals surface area contributed by atoms with E-state index in [9.17, 15) is 8.42 Å². The summed E-state index contributed by atoms with van der Waals surface area (Å²) in [5.74, 6) is 0. The highest BCUT2D eigenvalue weighted by atomic mass is 35.5. The Labute approximate surface area is 137 Å². The third-order valence-corrected chi connectivity index (χ3v) is 4.90. The Bertz CT molecular complexity index is 1000. The molecule has 1 aromatic heterocycles. The Hall–Kier alpha value is -2.69. The van der Waals surface area contributed by atoms with E-state index < -0.39 is 10.0 Å². The molecule has 0 bridgehead atoms. The molecule has 0 radical (unpaired) electrons. The molecule has 0 amide bonds. The second-order valence-corrected chi connectivity index (χ2v) is 6.86. The molecule has 0 spiro atoms. The van der Waals surface area contributed by atoms with Gasteiger partial charge in [-0.2, -0.15) is 13.7 Å². The molecule has 23 heavy (non-hydrogen) atoms. The lowest BCUT2D eigenvalue weighted by molar-refractivity contribution is 0.577. The van der Waals surface area contributed by atoms with E-state index in [0.717, 1.165) is 4.09 Å². The van der Waals surface area contributed by atoms with Gasteiger partial charge in [0.2, 0.25) is 0 Å². The quantitative estimate of drug-likeness (QED) is 0.728. The summed E-state index contributed by atoms with van der Waals surface area (Å²) in [6.45, 7) is 0. The molecule has 0 aliphatic carbocycles. The Morgan fingerprint density at radius 1 is 1.13 bits per heavy atom. The van der Waals surface area contributed by atoms with Crippen LogP contribution in [-0.2, 0) is 10.0 Å². The Morgan fingerprint density at radius 2 is 1.87 bits per heavy atom. The number of hydrogen-bond acceptors (Lipinski definition) is 5. The molecule has 0 saturated heterocycles. The maximum absolute atomic E-state index is 12.5. The fourth-order valence-electron chi connectivity index (χ4n) is 1.96. The van der Waals surface area contributed by atoms with Crippen molar-refractivity contribution < 1.29 is 8.42 Å². The SMILES string of the molecule is N#Cc1ccc(S(=O)(=O)n2cc(-c3cccc(Cl)c3)nn2)cc1. The predicted octanol–water partition coefficient (Wildman–Crippen LogP) is 2.71. The summed E-state index contributed by atoms with van der Waals surface area (Å²) in [4.78, 5) is 0.0269. The van der Waals surface area contributed by atoms with E-state index in [-0.39, 0.29) is 4.90 Å². The number of aromatic nitrogens is 3. The highest BCUT2D eigenvalue weighted by molar-refractivity contribution is 7.89. The van der Waals surface area contributed by atoms with Crippen LogP contribution in [-0.4, -0.2) is 22.8 Å². The summed E-state index contributed by atoms with van der Waals surface area (Å²) in [7, 11) is -3.86. The smallest absolute Gasteiger partial charge is 0.199 e. The van der Waals surface area contributed by atoms with Crippen molar-refractivity contribution in [3.05, 3.63) is 65.3 Å². The normalized spacial score (nSPS) is 11.1. The van der Waals surface area contributed by atoms with E-state index in [0.29, 0.717) is 21.8 Å². The molecule has 6 nitrogen and oxygen atoms in total. The standard InChI is InChI=1S/C15H9ClN4O2S/c16-13-3-1-2-12(8-13)15-10-20(19-18-15)23(21,22)14-6-4-11(9-17)5-7-14/h1-8,10H. The Kier molecular flexibility index (Phi) is 3.86. The summed E-state index contributed by atoms with van der Waals surface area (Å²) in [5.41, 5.74) is 1.44.